The molecule has 0 aromatic carbocycles. The number of thiophene rings is 1. The molecule has 0 bridgehead atoms. The SMILES string of the molecule is C=CCn1c(SCC(=O)Nc2sc(C)c(C)c2C(=O)OCC)nnc1-c1cccnc1. The van der Waals surface area contributed by atoms with Gasteiger partial charge in [0.1, 0.15) is 5.00 Å². The number of pyridine rings is 1. The first-order chi connectivity index (χ1) is 15.0. The van der Waals surface area contributed by atoms with Gasteiger partial charge in [-0.15, -0.1) is 28.1 Å². The van der Waals surface area contributed by atoms with Crippen molar-refractivity contribution in [2.75, 3.05) is 17.7 Å². The molecule has 0 saturated heterocycles. The van der Waals surface area contributed by atoms with Gasteiger partial charge in [0.25, 0.3) is 0 Å². The van der Waals surface area contributed by atoms with E-state index < -0.39 is 5.97 Å². The number of aromatic nitrogens is 4. The summed E-state index contributed by atoms with van der Waals surface area (Å²) >= 11 is 2.63. The molecule has 3 aromatic rings. The summed E-state index contributed by atoms with van der Waals surface area (Å²) in [6.07, 6.45) is 5.15. The molecule has 0 radical (unpaired) electrons. The van der Waals surface area contributed by atoms with Crippen LogP contribution in [0.5, 0.6) is 0 Å². The van der Waals surface area contributed by atoms with Crippen LogP contribution < -0.4 is 5.32 Å². The Bertz CT molecular complexity index is 1090. The number of hydrogen-bond acceptors (Lipinski definition) is 8. The number of allylic oxidation sites excluding steroid dienone is 1. The van der Waals surface area contributed by atoms with Gasteiger partial charge in [0.05, 0.1) is 17.9 Å². The molecule has 0 aliphatic carbocycles. The second-order valence-corrected chi connectivity index (χ2v) is 8.66. The Kier molecular flexibility index (Phi) is 7.59. The molecule has 3 heterocycles. The lowest BCUT2D eigenvalue weighted by Crippen LogP contribution is -2.17. The van der Waals surface area contributed by atoms with E-state index in [-0.39, 0.29) is 18.3 Å². The predicted octanol–water partition coefficient (Wildman–Crippen LogP) is 4.11. The van der Waals surface area contributed by atoms with Crippen LogP contribution in [0.25, 0.3) is 11.4 Å². The maximum Gasteiger partial charge on any atom is 0.341 e. The molecule has 0 unspecified atom stereocenters. The van der Waals surface area contributed by atoms with Gasteiger partial charge in [0.15, 0.2) is 11.0 Å². The van der Waals surface area contributed by atoms with E-state index in [0.29, 0.717) is 28.1 Å². The molecular formula is C21H23N5O3S2. The largest absolute Gasteiger partial charge is 0.462 e. The van der Waals surface area contributed by atoms with E-state index >= 15 is 0 Å². The zero-order valence-corrected chi connectivity index (χ0v) is 19.2. The predicted molar refractivity (Wildman–Crippen MR) is 123 cm³/mol. The standard InChI is InChI=1S/C21H23N5O3S2/c1-5-10-26-18(15-8-7-9-22-11-15)24-25-21(26)30-12-16(27)23-19-17(20(28)29-6-2)13(3)14(4)31-19/h5,7-9,11H,1,6,10,12H2,2-4H3,(H,23,27). The van der Waals surface area contributed by atoms with E-state index in [2.05, 4.69) is 27.1 Å². The first-order valence-corrected chi connectivity index (χ1v) is 11.4. The summed E-state index contributed by atoms with van der Waals surface area (Å²) in [4.78, 5) is 30.0. The fourth-order valence-electron chi connectivity index (χ4n) is 2.85. The molecule has 1 amide bonds. The third kappa shape index (κ3) is 5.20. The molecule has 0 saturated carbocycles. The van der Waals surface area contributed by atoms with Crippen molar-refractivity contribution in [3.63, 3.8) is 0 Å². The minimum absolute atomic E-state index is 0.112. The summed E-state index contributed by atoms with van der Waals surface area (Å²) in [5.74, 6) is 0.0950. The fourth-order valence-corrected chi connectivity index (χ4v) is 4.67. The van der Waals surface area contributed by atoms with Gasteiger partial charge < -0.3 is 10.1 Å². The Morgan fingerprint density at radius 2 is 2.16 bits per heavy atom. The number of carbonyl (C=O) groups is 2. The monoisotopic (exact) mass is 457 g/mol. The first kappa shape index (κ1) is 22.7. The van der Waals surface area contributed by atoms with Gasteiger partial charge in [-0.3, -0.25) is 14.3 Å². The van der Waals surface area contributed by atoms with E-state index in [1.807, 2.05) is 30.5 Å². The minimum Gasteiger partial charge on any atom is -0.462 e. The highest BCUT2D eigenvalue weighted by atomic mass is 32.2. The van der Waals surface area contributed by atoms with Crippen molar-refractivity contribution in [1.82, 2.24) is 19.7 Å². The molecule has 0 atom stereocenters. The maximum absolute atomic E-state index is 12.6. The number of amides is 1. The molecule has 3 rings (SSSR count). The molecule has 10 heteroatoms. The van der Waals surface area contributed by atoms with Gasteiger partial charge in [0.2, 0.25) is 5.91 Å². The van der Waals surface area contributed by atoms with Crippen LogP contribution in [0.2, 0.25) is 0 Å². The van der Waals surface area contributed by atoms with E-state index in [4.69, 9.17) is 4.74 Å². The van der Waals surface area contributed by atoms with Crippen LogP contribution in [-0.4, -0.2) is 44.0 Å². The third-order valence-corrected chi connectivity index (χ3v) is 6.49. The van der Waals surface area contributed by atoms with Gasteiger partial charge in [-0.1, -0.05) is 17.8 Å². The lowest BCUT2D eigenvalue weighted by Gasteiger charge is -2.08. The Hall–Kier alpha value is -2.98. The summed E-state index contributed by atoms with van der Waals surface area (Å²) in [5.41, 5.74) is 2.06. The van der Waals surface area contributed by atoms with E-state index in [0.717, 1.165) is 16.0 Å². The van der Waals surface area contributed by atoms with Crippen molar-refractivity contribution in [3.05, 3.63) is 53.2 Å². The number of nitrogens with zero attached hydrogens (tertiary/aromatic N) is 4. The van der Waals surface area contributed by atoms with Crippen molar-refractivity contribution in [2.45, 2.75) is 32.5 Å². The minimum atomic E-state index is -0.431. The Morgan fingerprint density at radius 3 is 2.84 bits per heavy atom. The lowest BCUT2D eigenvalue weighted by atomic mass is 10.1. The zero-order valence-electron chi connectivity index (χ0n) is 17.5. The smallest absolute Gasteiger partial charge is 0.341 e. The van der Waals surface area contributed by atoms with Gasteiger partial charge in [-0.2, -0.15) is 0 Å². The van der Waals surface area contributed by atoms with Crippen molar-refractivity contribution in [2.24, 2.45) is 0 Å². The van der Waals surface area contributed by atoms with Crippen molar-refractivity contribution in [3.8, 4) is 11.4 Å². The number of nitrogens with one attached hydrogen (secondary N) is 1. The van der Waals surface area contributed by atoms with Crippen LogP contribution in [0.15, 0.2) is 42.3 Å². The fraction of sp³-hybridized carbons (Fsp3) is 0.286. The van der Waals surface area contributed by atoms with Gasteiger partial charge >= 0.3 is 5.97 Å². The normalized spacial score (nSPS) is 10.7. The number of thioether (sulfide) groups is 1. The molecule has 0 aliphatic rings. The molecule has 0 spiro atoms. The summed E-state index contributed by atoms with van der Waals surface area (Å²) in [6.45, 7) is 10.1. The lowest BCUT2D eigenvalue weighted by molar-refractivity contribution is -0.113. The second-order valence-electron chi connectivity index (χ2n) is 6.49. The highest BCUT2D eigenvalue weighted by molar-refractivity contribution is 7.99. The third-order valence-electron chi connectivity index (χ3n) is 4.40. The summed E-state index contributed by atoms with van der Waals surface area (Å²) in [7, 11) is 0. The second kappa shape index (κ2) is 10.4. The van der Waals surface area contributed by atoms with Crippen molar-refractivity contribution < 1.29 is 14.3 Å². The van der Waals surface area contributed by atoms with Crippen LogP contribution in [0.1, 0.15) is 27.7 Å². The first-order valence-electron chi connectivity index (χ1n) is 9.60. The van der Waals surface area contributed by atoms with E-state index in [9.17, 15) is 9.59 Å². The maximum atomic E-state index is 12.6. The summed E-state index contributed by atoms with van der Waals surface area (Å²) in [6, 6.07) is 3.73. The molecule has 8 nitrogen and oxygen atoms in total. The van der Waals surface area contributed by atoms with Crippen molar-refractivity contribution >= 4 is 40.0 Å². The van der Waals surface area contributed by atoms with Gasteiger partial charge in [-0.05, 0) is 38.5 Å². The molecule has 162 valence electrons. The number of anilines is 1. The Balaban J connectivity index is 1.74. The quantitative estimate of drug-likeness (QED) is 0.293. The van der Waals surface area contributed by atoms with Crippen LogP contribution in [0.3, 0.4) is 0 Å². The number of rotatable bonds is 9. The highest BCUT2D eigenvalue weighted by Crippen LogP contribution is 2.33. The van der Waals surface area contributed by atoms with Gasteiger partial charge in [-0.25, -0.2) is 4.79 Å². The molecule has 31 heavy (non-hydrogen) atoms. The average Bonchev–Trinajstić information content (AvgIpc) is 3.28. The number of esters is 1. The molecule has 0 aliphatic heterocycles. The van der Waals surface area contributed by atoms with E-state index in [1.165, 1.54) is 23.1 Å². The highest BCUT2D eigenvalue weighted by Gasteiger charge is 2.22. The average molecular weight is 458 g/mol. The Labute approximate surface area is 188 Å². The van der Waals surface area contributed by atoms with Gasteiger partial charge in [0, 0.05) is 29.4 Å². The van der Waals surface area contributed by atoms with Crippen LogP contribution >= 0.6 is 23.1 Å². The molecular weight excluding hydrogens is 434 g/mol. The number of ether oxygens (including phenoxy) is 1. The summed E-state index contributed by atoms with van der Waals surface area (Å²) < 4.78 is 7.02. The van der Waals surface area contributed by atoms with Crippen LogP contribution in [-0.2, 0) is 16.1 Å². The Morgan fingerprint density at radius 1 is 1.35 bits per heavy atom. The summed E-state index contributed by atoms with van der Waals surface area (Å²) in [5, 5.41) is 12.4. The number of hydrogen-bond donors (Lipinski definition) is 1. The van der Waals surface area contributed by atoms with Crippen LogP contribution in [0, 0.1) is 13.8 Å². The van der Waals surface area contributed by atoms with Crippen LogP contribution in [0.4, 0.5) is 5.00 Å². The molecule has 0 fully saturated rings. The number of carbonyl (C=O) groups excluding carboxylic acids is 2. The topological polar surface area (TPSA) is 99.0 Å². The molecule has 1 N–H and O–H groups in total. The zero-order chi connectivity index (χ0) is 22.4. The molecule has 3 aromatic heterocycles. The van der Waals surface area contributed by atoms with E-state index in [1.54, 1.807) is 25.4 Å². The number of aryl methyl sites for hydroxylation is 1. The van der Waals surface area contributed by atoms with Crippen molar-refractivity contribution in [1.29, 1.82) is 0 Å².